The molecule has 0 aromatic carbocycles. The minimum Gasteiger partial charge on any atom is -0.446 e. The van der Waals surface area contributed by atoms with Gasteiger partial charge in [-0.15, -0.1) is 5.73 Å². The van der Waals surface area contributed by atoms with Crippen LogP contribution < -0.4 is 0 Å². The predicted molar refractivity (Wildman–Crippen MR) is 27.7 cm³/mol. The quantitative estimate of drug-likeness (QED) is 0.340. The summed E-state index contributed by atoms with van der Waals surface area (Å²) in [6.07, 6.45) is 3.46. The van der Waals surface area contributed by atoms with Crippen molar-refractivity contribution in [3.8, 4) is 0 Å². The Morgan fingerprint density at radius 1 is 1.62 bits per heavy atom. The zero-order valence-electron chi connectivity index (χ0n) is 4.47. The highest BCUT2D eigenvalue weighted by Gasteiger charge is 2.06. The average molecular weight is 109 g/mol. The minimum atomic E-state index is -0.343. The first kappa shape index (κ1) is 5.13. The van der Waals surface area contributed by atoms with Crippen molar-refractivity contribution < 1.29 is 9.53 Å². The molecule has 41 valence electrons. The molecular formula is C6H5O2. The number of hydrogen-bond donors (Lipinski definition) is 0. The van der Waals surface area contributed by atoms with Gasteiger partial charge >= 0.3 is 5.97 Å². The molecule has 0 saturated heterocycles. The van der Waals surface area contributed by atoms with Gasteiger partial charge in [-0.3, -0.25) is 0 Å². The van der Waals surface area contributed by atoms with Gasteiger partial charge in [-0.25, -0.2) is 4.79 Å². The summed E-state index contributed by atoms with van der Waals surface area (Å²) in [5.41, 5.74) is 2.62. The Kier molecular flexibility index (Phi) is 1.18. The first-order valence-corrected chi connectivity index (χ1v) is 2.27. The van der Waals surface area contributed by atoms with E-state index in [1.807, 2.05) is 0 Å². The second kappa shape index (κ2) is 1.85. The van der Waals surface area contributed by atoms with Crippen LogP contribution in [0.3, 0.4) is 0 Å². The zero-order chi connectivity index (χ0) is 5.98. The van der Waals surface area contributed by atoms with Gasteiger partial charge in [-0.2, -0.15) is 0 Å². The molecule has 0 bridgehead atoms. The fraction of sp³-hybridized carbons (Fsp3) is 0.167. The van der Waals surface area contributed by atoms with Crippen molar-refractivity contribution in [1.29, 1.82) is 0 Å². The molecule has 1 aliphatic rings. The molecule has 0 amide bonds. The van der Waals surface area contributed by atoms with Crippen LogP contribution in [0.4, 0.5) is 0 Å². The van der Waals surface area contributed by atoms with Crippen LogP contribution in [0.1, 0.15) is 6.92 Å². The SMILES string of the molecule is C[C]1C=C=CC(=O)O1. The van der Waals surface area contributed by atoms with E-state index in [0.29, 0.717) is 6.10 Å². The predicted octanol–water partition coefficient (Wildman–Crippen LogP) is 0.806. The fourth-order valence-corrected chi connectivity index (χ4v) is 0.445. The second-order valence-corrected chi connectivity index (χ2v) is 1.49. The molecule has 0 aromatic rings. The van der Waals surface area contributed by atoms with E-state index in [0.717, 1.165) is 0 Å². The third-order valence-electron chi connectivity index (χ3n) is 0.749. The van der Waals surface area contributed by atoms with Gasteiger partial charge in [-0.05, 0) is 6.92 Å². The standard InChI is InChI=1S/C6H5O2/c1-5-3-2-4-6(7)8-5/h3-4H,1H3. The van der Waals surface area contributed by atoms with Gasteiger partial charge in [0.2, 0.25) is 0 Å². The lowest BCUT2D eigenvalue weighted by atomic mass is 10.3. The first-order valence-electron chi connectivity index (χ1n) is 2.27. The number of cyclic esters (lactones) is 1. The molecule has 0 fully saturated rings. The third kappa shape index (κ3) is 0.983. The molecule has 0 spiro atoms. The highest BCUT2D eigenvalue weighted by atomic mass is 16.5. The number of rotatable bonds is 0. The summed E-state index contributed by atoms with van der Waals surface area (Å²) in [7, 11) is 0. The van der Waals surface area contributed by atoms with E-state index in [-0.39, 0.29) is 5.97 Å². The fourth-order valence-electron chi connectivity index (χ4n) is 0.445. The van der Waals surface area contributed by atoms with Gasteiger partial charge in [-0.1, -0.05) is 0 Å². The Morgan fingerprint density at radius 2 is 2.38 bits per heavy atom. The molecule has 0 aliphatic carbocycles. The van der Waals surface area contributed by atoms with E-state index in [2.05, 4.69) is 10.5 Å². The Bertz CT molecular complexity index is 163. The van der Waals surface area contributed by atoms with Gasteiger partial charge in [0.15, 0.2) is 6.10 Å². The second-order valence-electron chi connectivity index (χ2n) is 1.49. The summed E-state index contributed by atoms with van der Waals surface area (Å²) in [5, 5.41) is 0. The molecule has 8 heavy (non-hydrogen) atoms. The van der Waals surface area contributed by atoms with E-state index < -0.39 is 0 Å². The average Bonchev–Trinajstić information content (AvgIpc) is 1.64. The summed E-state index contributed by atoms with van der Waals surface area (Å²) >= 11 is 0. The normalized spacial score (nSPS) is 18.9. The summed E-state index contributed by atoms with van der Waals surface area (Å²) in [6.45, 7) is 1.71. The van der Waals surface area contributed by atoms with Crippen LogP contribution in [0.2, 0.25) is 0 Å². The molecule has 1 aliphatic heterocycles. The van der Waals surface area contributed by atoms with Crippen LogP contribution in [-0.2, 0) is 9.53 Å². The molecule has 1 radical (unpaired) electrons. The first-order chi connectivity index (χ1) is 3.79. The Morgan fingerprint density at radius 3 is 2.75 bits per heavy atom. The van der Waals surface area contributed by atoms with Crippen LogP contribution in [0, 0.1) is 6.10 Å². The lowest BCUT2D eigenvalue weighted by Crippen LogP contribution is -2.05. The summed E-state index contributed by atoms with van der Waals surface area (Å²) in [6, 6.07) is 0. The lowest BCUT2D eigenvalue weighted by molar-refractivity contribution is -0.136. The van der Waals surface area contributed by atoms with E-state index in [4.69, 9.17) is 0 Å². The highest BCUT2D eigenvalue weighted by molar-refractivity contribution is 5.83. The van der Waals surface area contributed by atoms with Gasteiger partial charge < -0.3 is 4.74 Å². The number of carbonyl (C=O) groups excluding carboxylic acids is 1. The van der Waals surface area contributed by atoms with E-state index in [1.54, 1.807) is 13.0 Å². The molecule has 0 saturated carbocycles. The molecule has 2 heteroatoms. The maximum atomic E-state index is 10.3. The van der Waals surface area contributed by atoms with E-state index >= 15 is 0 Å². The Hall–Kier alpha value is -1.01. The summed E-state index contributed by atoms with van der Waals surface area (Å²) < 4.78 is 4.59. The molecule has 1 rings (SSSR count). The number of hydrogen-bond acceptors (Lipinski definition) is 2. The van der Waals surface area contributed by atoms with Crippen LogP contribution >= 0.6 is 0 Å². The third-order valence-corrected chi connectivity index (χ3v) is 0.749. The molecule has 0 N–H and O–H groups in total. The van der Waals surface area contributed by atoms with Crippen LogP contribution in [0.15, 0.2) is 17.9 Å². The maximum absolute atomic E-state index is 10.3. The smallest absolute Gasteiger partial charge is 0.339 e. The lowest BCUT2D eigenvalue weighted by Gasteiger charge is -2.04. The highest BCUT2D eigenvalue weighted by Crippen LogP contribution is 2.05. The zero-order valence-corrected chi connectivity index (χ0v) is 4.47. The van der Waals surface area contributed by atoms with Crippen molar-refractivity contribution in [3.63, 3.8) is 0 Å². The topological polar surface area (TPSA) is 26.3 Å². The monoisotopic (exact) mass is 109 g/mol. The van der Waals surface area contributed by atoms with Gasteiger partial charge in [0.1, 0.15) is 0 Å². The minimum absolute atomic E-state index is 0.343. The Labute approximate surface area is 47.5 Å². The molecular weight excluding hydrogens is 104 g/mol. The Balaban J connectivity index is 2.77. The summed E-state index contributed by atoms with van der Waals surface area (Å²) in [5.74, 6) is -0.343. The maximum Gasteiger partial charge on any atom is 0.339 e. The van der Waals surface area contributed by atoms with Crippen LogP contribution in [-0.4, -0.2) is 5.97 Å². The van der Waals surface area contributed by atoms with Crippen molar-refractivity contribution in [2.45, 2.75) is 6.92 Å². The number of esters is 1. The van der Waals surface area contributed by atoms with Crippen molar-refractivity contribution in [1.82, 2.24) is 0 Å². The molecule has 0 unspecified atom stereocenters. The van der Waals surface area contributed by atoms with E-state index in [1.165, 1.54) is 6.08 Å². The van der Waals surface area contributed by atoms with Crippen LogP contribution in [0.25, 0.3) is 0 Å². The van der Waals surface area contributed by atoms with Crippen LogP contribution in [0.5, 0.6) is 0 Å². The van der Waals surface area contributed by atoms with Gasteiger partial charge in [0.25, 0.3) is 0 Å². The molecule has 1 heterocycles. The number of ether oxygens (including phenoxy) is 1. The largest absolute Gasteiger partial charge is 0.446 e. The van der Waals surface area contributed by atoms with Gasteiger partial charge in [0.05, 0.1) is 6.08 Å². The summed E-state index contributed by atoms with van der Waals surface area (Å²) in [4.78, 5) is 10.3. The van der Waals surface area contributed by atoms with Gasteiger partial charge in [0, 0.05) is 6.08 Å². The van der Waals surface area contributed by atoms with Crippen molar-refractivity contribution >= 4 is 5.97 Å². The van der Waals surface area contributed by atoms with Crippen molar-refractivity contribution in [2.75, 3.05) is 0 Å². The van der Waals surface area contributed by atoms with E-state index in [9.17, 15) is 4.79 Å². The van der Waals surface area contributed by atoms with Crippen molar-refractivity contribution in [3.05, 3.63) is 24.0 Å². The number of carbonyl (C=O) groups is 1. The molecule has 0 atom stereocenters. The molecule has 2 nitrogen and oxygen atoms in total. The van der Waals surface area contributed by atoms with Crippen molar-refractivity contribution in [2.24, 2.45) is 0 Å². The molecule has 0 aromatic heterocycles.